The van der Waals surface area contributed by atoms with E-state index in [1.165, 1.54) is 12.1 Å². The van der Waals surface area contributed by atoms with Gasteiger partial charge in [-0.3, -0.25) is 4.90 Å². The van der Waals surface area contributed by atoms with Crippen LogP contribution in [0.5, 0.6) is 5.75 Å². The second-order valence-corrected chi connectivity index (χ2v) is 9.23. The minimum absolute atomic E-state index is 0.0796. The van der Waals surface area contributed by atoms with Crippen LogP contribution in [0.1, 0.15) is 29.9 Å². The molecule has 0 radical (unpaired) electrons. The van der Waals surface area contributed by atoms with Crippen LogP contribution in [-0.4, -0.2) is 44.2 Å². The maximum absolute atomic E-state index is 14.4. The summed E-state index contributed by atoms with van der Waals surface area (Å²) in [6, 6.07) is 22.0. The number of nitrogens with zero attached hydrogens (tertiary/aromatic N) is 2. The number of para-hydroxylation sites is 2. The summed E-state index contributed by atoms with van der Waals surface area (Å²) in [5.41, 5.74) is 2.81. The van der Waals surface area contributed by atoms with Crippen molar-refractivity contribution < 1.29 is 13.5 Å². The molecule has 3 aliphatic heterocycles. The highest BCUT2D eigenvalue weighted by Gasteiger charge is 2.48. The van der Waals surface area contributed by atoms with Gasteiger partial charge in [-0.1, -0.05) is 36.4 Å². The Morgan fingerprint density at radius 3 is 2.06 bits per heavy atom. The molecule has 3 fully saturated rings. The highest BCUT2D eigenvalue weighted by Crippen LogP contribution is 2.46. The van der Waals surface area contributed by atoms with Gasteiger partial charge in [-0.15, -0.1) is 0 Å². The van der Waals surface area contributed by atoms with E-state index in [4.69, 9.17) is 4.74 Å². The maximum Gasteiger partial charge on any atom is 0.142 e. The van der Waals surface area contributed by atoms with Gasteiger partial charge < -0.3 is 9.64 Å². The fourth-order valence-electron chi connectivity index (χ4n) is 6.08. The fraction of sp³-hybridized carbons (Fsp3) is 0.357. The van der Waals surface area contributed by atoms with Crippen LogP contribution in [0.2, 0.25) is 0 Å². The average Bonchev–Trinajstić information content (AvgIpc) is 2.84. The van der Waals surface area contributed by atoms with Gasteiger partial charge in [0.1, 0.15) is 17.4 Å². The number of anilines is 1. The molecule has 5 heteroatoms. The van der Waals surface area contributed by atoms with E-state index in [1.54, 1.807) is 31.4 Å². The number of rotatable bonds is 6. The van der Waals surface area contributed by atoms with Gasteiger partial charge in [0, 0.05) is 25.0 Å². The number of halogens is 2. The third kappa shape index (κ3) is 4.10. The average molecular weight is 449 g/mol. The smallest absolute Gasteiger partial charge is 0.142 e. The molecular formula is C28H30F2N2O. The Morgan fingerprint density at radius 2 is 1.48 bits per heavy atom. The summed E-state index contributed by atoms with van der Waals surface area (Å²) in [5.74, 6) is 0.656. The Labute approximate surface area is 194 Å². The van der Waals surface area contributed by atoms with Crippen LogP contribution in [0, 0.1) is 17.6 Å². The first-order valence-corrected chi connectivity index (χ1v) is 11.7. The van der Waals surface area contributed by atoms with Gasteiger partial charge in [0.15, 0.2) is 0 Å². The van der Waals surface area contributed by atoms with Crippen LogP contribution in [0.25, 0.3) is 0 Å². The van der Waals surface area contributed by atoms with Gasteiger partial charge in [0.05, 0.1) is 12.8 Å². The molecule has 3 saturated heterocycles. The third-order valence-corrected chi connectivity index (χ3v) is 7.50. The monoisotopic (exact) mass is 448 g/mol. The summed E-state index contributed by atoms with van der Waals surface area (Å²) in [6.07, 6.45) is 2.25. The molecule has 3 aliphatic rings. The molecule has 3 nitrogen and oxygen atoms in total. The first-order chi connectivity index (χ1) is 16.1. The molecule has 0 unspecified atom stereocenters. The van der Waals surface area contributed by atoms with Crippen LogP contribution >= 0.6 is 0 Å². The van der Waals surface area contributed by atoms with Crippen molar-refractivity contribution in [2.75, 3.05) is 32.1 Å². The summed E-state index contributed by atoms with van der Waals surface area (Å²) in [5, 5.41) is 0. The summed E-state index contributed by atoms with van der Waals surface area (Å²) in [7, 11) is 3.83. The van der Waals surface area contributed by atoms with Gasteiger partial charge in [0.25, 0.3) is 0 Å². The fourth-order valence-corrected chi connectivity index (χ4v) is 6.08. The summed E-state index contributed by atoms with van der Waals surface area (Å²) >= 11 is 0. The zero-order chi connectivity index (χ0) is 22.9. The molecule has 0 aliphatic carbocycles. The summed E-state index contributed by atoms with van der Waals surface area (Å²) in [4.78, 5) is 4.86. The quantitative estimate of drug-likeness (QED) is 0.481. The minimum atomic E-state index is -0.264. The number of piperidine rings is 3. The second-order valence-electron chi connectivity index (χ2n) is 9.23. The standard InChI is InChI=1S/C28H30F2N2O/c1-31(24-11-3-4-12-25(24)33-2)27-19-13-15-32(16-14-19)28(27)26(20-7-5-9-22(29)17-20)21-8-6-10-23(30)18-21/h3-12,17-19,26-28H,13-16H2,1-2H3/t27-,28-/m1/s1. The van der Waals surface area contributed by atoms with E-state index in [0.717, 1.165) is 48.5 Å². The molecule has 6 rings (SSSR count). The predicted molar refractivity (Wildman–Crippen MR) is 128 cm³/mol. The third-order valence-electron chi connectivity index (χ3n) is 7.50. The van der Waals surface area contributed by atoms with E-state index in [9.17, 15) is 8.78 Å². The lowest BCUT2D eigenvalue weighted by molar-refractivity contribution is 0.0184. The van der Waals surface area contributed by atoms with Gasteiger partial charge in [-0.05, 0) is 79.4 Å². The molecule has 2 bridgehead atoms. The molecule has 33 heavy (non-hydrogen) atoms. The maximum atomic E-state index is 14.4. The molecule has 172 valence electrons. The first kappa shape index (κ1) is 21.9. The van der Waals surface area contributed by atoms with E-state index in [-0.39, 0.29) is 29.6 Å². The SMILES string of the molecule is COc1ccccc1N(C)[C@@H]1C2CCN(CC2)[C@@H]1C(c1cccc(F)c1)c1cccc(F)c1. The van der Waals surface area contributed by atoms with Crippen LogP contribution in [0.4, 0.5) is 14.5 Å². The number of benzene rings is 3. The van der Waals surface area contributed by atoms with E-state index >= 15 is 0 Å². The van der Waals surface area contributed by atoms with Crippen molar-refractivity contribution in [2.45, 2.75) is 30.8 Å². The number of fused-ring (bicyclic) bond motifs is 3. The van der Waals surface area contributed by atoms with Crippen molar-refractivity contribution in [2.24, 2.45) is 5.92 Å². The van der Waals surface area contributed by atoms with Crippen LogP contribution in [-0.2, 0) is 0 Å². The van der Waals surface area contributed by atoms with Gasteiger partial charge in [-0.25, -0.2) is 8.78 Å². The number of hydrogen-bond donors (Lipinski definition) is 0. The van der Waals surface area contributed by atoms with Crippen molar-refractivity contribution in [3.8, 4) is 5.75 Å². The topological polar surface area (TPSA) is 15.7 Å². The number of likely N-dealkylation sites (N-methyl/N-ethyl adjacent to an activating group) is 1. The van der Waals surface area contributed by atoms with Crippen LogP contribution < -0.4 is 9.64 Å². The molecule has 0 spiro atoms. The minimum Gasteiger partial charge on any atom is -0.495 e. The lowest BCUT2D eigenvalue weighted by atomic mass is 9.70. The van der Waals surface area contributed by atoms with Gasteiger partial charge >= 0.3 is 0 Å². The predicted octanol–water partition coefficient (Wildman–Crippen LogP) is 5.70. The lowest BCUT2D eigenvalue weighted by Gasteiger charge is -2.56. The Morgan fingerprint density at radius 1 is 0.879 bits per heavy atom. The summed E-state index contributed by atoms with van der Waals surface area (Å²) < 4.78 is 34.4. The second kappa shape index (κ2) is 9.14. The Bertz CT molecular complexity index is 1070. The molecule has 3 aromatic rings. The molecular weight excluding hydrogens is 418 g/mol. The van der Waals surface area contributed by atoms with E-state index in [1.807, 2.05) is 30.3 Å². The van der Waals surface area contributed by atoms with E-state index in [0.29, 0.717) is 5.92 Å². The summed E-state index contributed by atoms with van der Waals surface area (Å²) in [6.45, 7) is 2.01. The van der Waals surface area contributed by atoms with Crippen molar-refractivity contribution in [3.05, 3.63) is 95.6 Å². The molecule has 3 aromatic carbocycles. The van der Waals surface area contributed by atoms with E-state index < -0.39 is 0 Å². The van der Waals surface area contributed by atoms with Gasteiger partial charge in [0.2, 0.25) is 0 Å². The van der Waals surface area contributed by atoms with Crippen LogP contribution in [0.3, 0.4) is 0 Å². The molecule has 0 N–H and O–H groups in total. The Balaban J connectivity index is 1.64. The van der Waals surface area contributed by atoms with Crippen molar-refractivity contribution in [1.29, 1.82) is 0 Å². The lowest BCUT2D eigenvalue weighted by Crippen LogP contribution is -2.65. The zero-order valence-electron chi connectivity index (χ0n) is 19.1. The number of ether oxygens (including phenoxy) is 1. The van der Waals surface area contributed by atoms with Crippen LogP contribution in [0.15, 0.2) is 72.8 Å². The highest BCUT2D eigenvalue weighted by molar-refractivity contribution is 5.59. The largest absolute Gasteiger partial charge is 0.495 e. The number of hydrogen-bond acceptors (Lipinski definition) is 3. The van der Waals surface area contributed by atoms with E-state index in [2.05, 4.69) is 22.9 Å². The molecule has 2 atom stereocenters. The number of methoxy groups -OCH3 is 1. The van der Waals surface area contributed by atoms with Crippen molar-refractivity contribution in [1.82, 2.24) is 4.90 Å². The van der Waals surface area contributed by atoms with Gasteiger partial charge in [-0.2, -0.15) is 0 Å². The van der Waals surface area contributed by atoms with Crippen molar-refractivity contribution >= 4 is 5.69 Å². The molecule has 0 saturated carbocycles. The van der Waals surface area contributed by atoms with Crippen molar-refractivity contribution in [3.63, 3.8) is 0 Å². The molecule has 0 aromatic heterocycles. The zero-order valence-corrected chi connectivity index (χ0v) is 19.1. The highest BCUT2D eigenvalue weighted by atomic mass is 19.1. The first-order valence-electron chi connectivity index (χ1n) is 11.7. The Hall–Kier alpha value is -2.92. The Kier molecular flexibility index (Phi) is 6.07. The molecule has 3 heterocycles. The molecule has 0 amide bonds. The normalized spacial score (nSPS) is 24.2.